The molecular formula is C12H12O7. The van der Waals surface area contributed by atoms with Crippen LogP contribution in [0.1, 0.15) is 15.9 Å². The first kappa shape index (κ1) is 14.8. The number of aliphatic hydroxyl groups is 2. The molecule has 2 atom stereocenters. The lowest BCUT2D eigenvalue weighted by Crippen LogP contribution is -2.41. The van der Waals surface area contributed by atoms with Crippen molar-refractivity contribution in [3.05, 3.63) is 35.4 Å². The Hall–Kier alpha value is -2.25. The topological polar surface area (TPSA) is 121 Å². The number of carbonyl (C=O) groups is 3. The smallest absolute Gasteiger partial charge is 0.346 e. The van der Waals surface area contributed by atoms with Gasteiger partial charge in [0.25, 0.3) is 0 Å². The second-order valence-corrected chi connectivity index (χ2v) is 3.75. The highest BCUT2D eigenvalue weighted by Gasteiger charge is 2.33. The molecule has 0 unspecified atom stereocenters. The molecule has 0 saturated heterocycles. The average molecular weight is 268 g/mol. The lowest BCUT2D eigenvalue weighted by Gasteiger charge is -2.12. The highest BCUT2D eigenvalue weighted by molar-refractivity contribution is 5.99. The van der Waals surface area contributed by atoms with Gasteiger partial charge in [-0.05, 0) is 18.6 Å². The van der Waals surface area contributed by atoms with Gasteiger partial charge >= 0.3 is 17.9 Å². The van der Waals surface area contributed by atoms with E-state index in [4.69, 9.17) is 15.3 Å². The Kier molecular flexibility index (Phi) is 4.74. The van der Waals surface area contributed by atoms with Crippen molar-refractivity contribution in [3.8, 4) is 0 Å². The molecule has 19 heavy (non-hydrogen) atoms. The molecule has 3 N–H and O–H groups in total. The second kappa shape index (κ2) is 6.07. The molecule has 0 spiro atoms. The minimum absolute atomic E-state index is 0.105. The van der Waals surface area contributed by atoms with Crippen molar-refractivity contribution in [2.45, 2.75) is 19.1 Å². The highest BCUT2D eigenvalue weighted by Crippen LogP contribution is 2.09. The summed E-state index contributed by atoms with van der Waals surface area (Å²) in [7, 11) is 0. The van der Waals surface area contributed by atoms with E-state index in [1.807, 2.05) is 0 Å². The summed E-state index contributed by atoms with van der Waals surface area (Å²) in [5.74, 6) is -4.35. The van der Waals surface area contributed by atoms with Gasteiger partial charge in [0.15, 0.2) is 12.2 Å². The van der Waals surface area contributed by atoms with Crippen LogP contribution < -0.4 is 0 Å². The number of ether oxygens (including phenoxy) is 1. The van der Waals surface area contributed by atoms with Gasteiger partial charge in [-0.1, -0.05) is 18.2 Å². The number of aryl methyl sites for hydroxylation is 1. The van der Waals surface area contributed by atoms with E-state index in [1.165, 1.54) is 6.07 Å². The standard InChI is InChI=1S/C12H12O7/c1-6-4-2-3-5-7(6)11(17)19-12(18)9(14)8(13)10(15)16/h2-5,8-9,13-14H,1H3,(H,15,16)/t8-,9-/m1/s1. The van der Waals surface area contributed by atoms with Crippen LogP contribution in [0.2, 0.25) is 0 Å². The van der Waals surface area contributed by atoms with Crippen molar-refractivity contribution in [1.29, 1.82) is 0 Å². The molecule has 0 aliphatic carbocycles. The predicted octanol–water partition coefficient (Wildman–Crippen LogP) is -0.515. The Morgan fingerprint density at radius 1 is 1.11 bits per heavy atom. The summed E-state index contributed by atoms with van der Waals surface area (Å²) in [5.41, 5.74) is 0.654. The van der Waals surface area contributed by atoms with Gasteiger partial charge in [-0.15, -0.1) is 0 Å². The fourth-order valence-electron chi connectivity index (χ4n) is 1.27. The molecule has 0 aliphatic rings. The van der Waals surface area contributed by atoms with E-state index in [0.29, 0.717) is 5.56 Å². The van der Waals surface area contributed by atoms with E-state index < -0.39 is 30.1 Å². The summed E-state index contributed by atoms with van der Waals surface area (Å²) < 4.78 is 4.30. The molecule has 0 fully saturated rings. The maximum Gasteiger partial charge on any atom is 0.346 e. The number of aliphatic hydroxyl groups excluding tert-OH is 2. The SMILES string of the molecule is Cc1ccccc1C(=O)OC(=O)[C@H](O)[C@@H](O)C(=O)O. The molecule has 1 aromatic rings. The highest BCUT2D eigenvalue weighted by atomic mass is 16.6. The van der Waals surface area contributed by atoms with E-state index in [2.05, 4.69) is 4.74 Å². The van der Waals surface area contributed by atoms with Crippen molar-refractivity contribution in [2.24, 2.45) is 0 Å². The number of rotatable bonds is 4. The Morgan fingerprint density at radius 2 is 1.68 bits per heavy atom. The molecule has 7 nitrogen and oxygen atoms in total. The number of hydrogen-bond acceptors (Lipinski definition) is 6. The summed E-state index contributed by atoms with van der Waals surface area (Å²) >= 11 is 0. The van der Waals surface area contributed by atoms with E-state index in [0.717, 1.165) is 0 Å². The van der Waals surface area contributed by atoms with Crippen molar-refractivity contribution in [3.63, 3.8) is 0 Å². The first-order valence-electron chi connectivity index (χ1n) is 5.25. The van der Waals surface area contributed by atoms with Gasteiger partial charge in [-0.25, -0.2) is 14.4 Å². The molecule has 0 bridgehead atoms. The maximum atomic E-state index is 11.6. The van der Waals surface area contributed by atoms with Crippen LogP contribution in [0, 0.1) is 6.92 Å². The largest absolute Gasteiger partial charge is 0.479 e. The molecule has 1 rings (SSSR count). The lowest BCUT2D eigenvalue weighted by atomic mass is 10.1. The number of benzene rings is 1. The average Bonchev–Trinajstić information content (AvgIpc) is 2.37. The Labute approximate surface area is 108 Å². The number of carboxylic acids is 1. The zero-order chi connectivity index (χ0) is 14.6. The zero-order valence-corrected chi connectivity index (χ0v) is 9.94. The van der Waals surface area contributed by atoms with Crippen LogP contribution in [0.5, 0.6) is 0 Å². The lowest BCUT2D eigenvalue weighted by molar-refractivity contribution is -0.166. The molecular weight excluding hydrogens is 256 g/mol. The van der Waals surface area contributed by atoms with Gasteiger partial charge in [0.2, 0.25) is 0 Å². The third kappa shape index (κ3) is 3.60. The molecule has 0 saturated carbocycles. The van der Waals surface area contributed by atoms with Crippen molar-refractivity contribution in [2.75, 3.05) is 0 Å². The van der Waals surface area contributed by atoms with Crippen LogP contribution in [0.15, 0.2) is 24.3 Å². The predicted molar refractivity (Wildman–Crippen MR) is 61.3 cm³/mol. The van der Waals surface area contributed by atoms with Gasteiger partial charge in [-0.2, -0.15) is 0 Å². The maximum absolute atomic E-state index is 11.6. The van der Waals surface area contributed by atoms with Gasteiger partial charge in [-0.3, -0.25) is 0 Å². The van der Waals surface area contributed by atoms with E-state index in [9.17, 15) is 14.4 Å². The molecule has 1 aromatic carbocycles. The summed E-state index contributed by atoms with van der Waals surface area (Å²) in [6.07, 6.45) is -4.68. The number of hydrogen-bond donors (Lipinski definition) is 3. The summed E-state index contributed by atoms with van der Waals surface area (Å²) in [5, 5.41) is 26.5. The van der Waals surface area contributed by atoms with Gasteiger partial charge in [0, 0.05) is 0 Å². The van der Waals surface area contributed by atoms with Gasteiger partial charge < -0.3 is 20.1 Å². The van der Waals surface area contributed by atoms with Gasteiger partial charge in [0.05, 0.1) is 5.56 Å². The molecule has 0 heterocycles. The number of carbonyl (C=O) groups excluding carboxylic acids is 2. The van der Waals surface area contributed by atoms with Crippen LogP contribution in [0.25, 0.3) is 0 Å². The van der Waals surface area contributed by atoms with Crippen molar-refractivity contribution >= 4 is 17.9 Å². The number of esters is 2. The van der Waals surface area contributed by atoms with E-state index in [1.54, 1.807) is 25.1 Å². The third-order valence-corrected chi connectivity index (χ3v) is 2.35. The first-order chi connectivity index (χ1) is 8.84. The monoisotopic (exact) mass is 268 g/mol. The molecule has 7 heteroatoms. The van der Waals surface area contributed by atoms with Crippen LogP contribution in [0.4, 0.5) is 0 Å². The number of carboxylic acid groups (broad SMARTS) is 1. The van der Waals surface area contributed by atoms with Crippen LogP contribution >= 0.6 is 0 Å². The Bertz CT molecular complexity index is 509. The third-order valence-electron chi connectivity index (χ3n) is 2.35. The second-order valence-electron chi connectivity index (χ2n) is 3.75. The minimum atomic E-state index is -2.35. The van der Waals surface area contributed by atoms with Crippen LogP contribution in [0.3, 0.4) is 0 Å². The van der Waals surface area contributed by atoms with Gasteiger partial charge in [0.1, 0.15) is 0 Å². The summed E-state index contributed by atoms with van der Waals surface area (Å²) in [4.78, 5) is 33.2. The fraction of sp³-hybridized carbons (Fsp3) is 0.250. The summed E-state index contributed by atoms with van der Waals surface area (Å²) in [6.45, 7) is 1.61. The van der Waals surface area contributed by atoms with Crippen LogP contribution in [-0.2, 0) is 14.3 Å². The fourth-order valence-corrected chi connectivity index (χ4v) is 1.27. The zero-order valence-electron chi connectivity index (χ0n) is 9.94. The Morgan fingerprint density at radius 3 is 2.21 bits per heavy atom. The molecule has 0 aromatic heterocycles. The van der Waals surface area contributed by atoms with E-state index in [-0.39, 0.29) is 5.56 Å². The molecule has 102 valence electrons. The van der Waals surface area contributed by atoms with E-state index >= 15 is 0 Å². The molecule has 0 radical (unpaired) electrons. The first-order valence-corrected chi connectivity index (χ1v) is 5.25. The quantitative estimate of drug-likeness (QED) is 0.496. The Balaban J connectivity index is 2.75. The van der Waals surface area contributed by atoms with Crippen LogP contribution in [-0.4, -0.2) is 45.4 Å². The molecule has 0 aliphatic heterocycles. The molecule has 0 amide bonds. The van der Waals surface area contributed by atoms with Crippen molar-refractivity contribution < 1.29 is 34.4 Å². The van der Waals surface area contributed by atoms with Crippen molar-refractivity contribution in [1.82, 2.24) is 0 Å². The normalized spacial score (nSPS) is 13.4. The number of aliphatic carboxylic acids is 1. The minimum Gasteiger partial charge on any atom is -0.479 e. The summed E-state index contributed by atoms with van der Waals surface area (Å²) in [6, 6.07) is 6.25.